The summed E-state index contributed by atoms with van der Waals surface area (Å²) in [6.45, 7) is 0. The molecule has 1 aromatic carbocycles. The Hall–Kier alpha value is -1.02. The van der Waals surface area contributed by atoms with Gasteiger partial charge in [0, 0.05) is 6.04 Å². The molecule has 1 aromatic rings. The van der Waals surface area contributed by atoms with Gasteiger partial charge >= 0.3 is 0 Å². The van der Waals surface area contributed by atoms with E-state index in [0.717, 1.165) is 5.75 Å². The Morgan fingerprint density at radius 3 is 2.72 bits per heavy atom. The number of nitrogens with one attached hydrogen (secondary N) is 1. The van der Waals surface area contributed by atoms with Crippen LogP contribution < -0.4 is 10.1 Å². The van der Waals surface area contributed by atoms with E-state index in [1.54, 1.807) is 0 Å². The van der Waals surface area contributed by atoms with Gasteiger partial charge in [-0.15, -0.1) is 0 Å². The molecule has 0 spiro atoms. The molecule has 18 heavy (non-hydrogen) atoms. The fourth-order valence-electron chi connectivity index (χ4n) is 3.34. The Morgan fingerprint density at radius 2 is 1.94 bits per heavy atom. The number of aryl methyl sites for hydroxylation is 1. The standard InChI is InChI=1S/C16H23NO/c1-17-16-10-7-12-11-14(8-9-15(12)16)18-13-5-3-2-4-6-13/h8-9,11,13,16-17H,2-7,10H2,1H3. The van der Waals surface area contributed by atoms with E-state index >= 15 is 0 Å². The van der Waals surface area contributed by atoms with Gasteiger partial charge in [-0.25, -0.2) is 0 Å². The molecule has 2 heteroatoms. The predicted molar refractivity (Wildman–Crippen MR) is 74.1 cm³/mol. The summed E-state index contributed by atoms with van der Waals surface area (Å²) in [4.78, 5) is 0. The van der Waals surface area contributed by atoms with Gasteiger partial charge in [-0.05, 0) is 68.8 Å². The van der Waals surface area contributed by atoms with Crippen LogP contribution in [-0.2, 0) is 6.42 Å². The van der Waals surface area contributed by atoms with Gasteiger partial charge in [0.1, 0.15) is 5.75 Å². The van der Waals surface area contributed by atoms with Gasteiger partial charge < -0.3 is 10.1 Å². The van der Waals surface area contributed by atoms with E-state index in [2.05, 4.69) is 23.5 Å². The average Bonchev–Trinajstić information content (AvgIpc) is 2.82. The molecular weight excluding hydrogens is 222 g/mol. The van der Waals surface area contributed by atoms with Crippen molar-refractivity contribution in [1.29, 1.82) is 0 Å². The fourth-order valence-corrected chi connectivity index (χ4v) is 3.34. The Labute approximate surface area is 110 Å². The number of rotatable bonds is 3. The maximum absolute atomic E-state index is 6.13. The van der Waals surface area contributed by atoms with Gasteiger partial charge in [0.05, 0.1) is 6.10 Å². The maximum Gasteiger partial charge on any atom is 0.120 e. The molecule has 1 atom stereocenters. The number of benzene rings is 1. The van der Waals surface area contributed by atoms with E-state index in [-0.39, 0.29) is 0 Å². The third-order valence-electron chi connectivity index (χ3n) is 4.40. The lowest BCUT2D eigenvalue weighted by Crippen LogP contribution is -2.19. The topological polar surface area (TPSA) is 21.3 Å². The molecule has 0 aromatic heterocycles. The Bertz CT molecular complexity index is 410. The first-order chi connectivity index (χ1) is 8.86. The molecule has 2 nitrogen and oxygen atoms in total. The average molecular weight is 245 g/mol. The largest absolute Gasteiger partial charge is 0.490 e. The highest BCUT2D eigenvalue weighted by atomic mass is 16.5. The SMILES string of the molecule is CNC1CCc2cc(OC3CCCCC3)ccc21. The molecule has 0 saturated heterocycles. The van der Waals surface area contributed by atoms with Crippen LogP contribution in [0.3, 0.4) is 0 Å². The van der Waals surface area contributed by atoms with Gasteiger partial charge in [-0.2, -0.15) is 0 Å². The number of hydrogen-bond acceptors (Lipinski definition) is 2. The summed E-state index contributed by atoms with van der Waals surface area (Å²) in [6.07, 6.45) is 9.37. The fraction of sp³-hybridized carbons (Fsp3) is 0.625. The van der Waals surface area contributed by atoms with Crippen LogP contribution in [0.1, 0.15) is 55.7 Å². The minimum absolute atomic E-state index is 0.457. The highest BCUT2D eigenvalue weighted by Gasteiger charge is 2.22. The molecule has 2 aliphatic rings. The van der Waals surface area contributed by atoms with Crippen molar-refractivity contribution in [2.24, 2.45) is 0 Å². The van der Waals surface area contributed by atoms with Crippen LogP contribution in [0.4, 0.5) is 0 Å². The molecule has 0 heterocycles. The Balaban J connectivity index is 1.70. The summed E-state index contributed by atoms with van der Waals surface area (Å²) >= 11 is 0. The molecule has 0 bridgehead atoms. The van der Waals surface area contributed by atoms with E-state index in [1.807, 2.05) is 7.05 Å². The monoisotopic (exact) mass is 245 g/mol. The second kappa shape index (κ2) is 5.31. The van der Waals surface area contributed by atoms with Crippen LogP contribution in [0, 0.1) is 0 Å². The number of ether oxygens (including phenoxy) is 1. The summed E-state index contributed by atoms with van der Waals surface area (Å²) in [5.41, 5.74) is 2.94. The molecule has 0 amide bonds. The third kappa shape index (κ3) is 2.39. The molecule has 1 saturated carbocycles. The highest BCUT2D eigenvalue weighted by molar-refractivity contribution is 5.40. The van der Waals surface area contributed by atoms with Crippen LogP contribution in [-0.4, -0.2) is 13.2 Å². The summed E-state index contributed by atoms with van der Waals surface area (Å²) in [5.74, 6) is 1.08. The van der Waals surface area contributed by atoms with Gasteiger partial charge in [0.15, 0.2) is 0 Å². The van der Waals surface area contributed by atoms with Crippen LogP contribution in [0.15, 0.2) is 18.2 Å². The Morgan fingerprint density at radius 1 is 1.11 bits per heavy atom. The quantitative estimate of drug-likeness (QED) is 0.878. The first-order valence-electron chi connectivity index (χ1n) is 7.33. The zero-order valence-electron chi connectivity index (χ0n) is 11.2. The van der Waals surface area contributed by atoms with Crippen molar-refractivity contribution >= 4 is 0 Å². The molecule has 3 rings (SSSR count). The Kier molecular flexibility index (Phi) is 3.55. The molecule has 1 N–H and O–H groups in total. The van der Waals surface area contributed by atoms with Crippen LogP contribution in [0.25, 0.3) is 0 Å². The van der Waals surface area contributed by atoms with E-state index in [0.29, 0.717) is 12.1 Å². The number of hydrogen-bond donors (Lipinski definition) is 1. The van der Waals surface area contributed by atoms with Gasteiger partial charge in [0.2, 0.25) is 0 Å². The number of fused-ring (bicyclic) bond motifs is 1. The summed E-state index contributed by atoms with van der Waals surface area (Å²) in [6, 6.07) is 7.22. The molecule has 0 aliphatic heterocycles. The van der Waals surface area contributed by atoms with Crippen molar-refractivity contribution in [3.05, 3.63) is 29.3 Å². The summed E-state index contributed by atoms with van der Waals surface area (Å²) in [7, 11) is 2.05. The van der Waals surface area contributed by atoms with Crippen LogP contribution in [0.2, 0.25) is 0 Å². The van der Waals surface area contributed by atoms with Crippen molar-refractivity contribution in [2.75, 3.05) is 7.05 Å². The second-order valence-corrected chi connectivity index (χ2v) is 5.62. The van der Waals surface area contributed by atoms with Gasteiger partial charge in [-0.1, -0.05) is 12.5 Å². The third-order valence-corrected chi connectivity index (χ3v) is 4.40. The minimum Gasteiger partial charge on any atom is -0.490 e. The second-order valence-electron chi connectivity index (χ2n) is 5.62. The van der Waals surface area contributed by atoms with Crippen molar-refractivity contribution in [3.8, 4) is 5.75 Å². The van der Waals surface area contributed by atoms with Crippen LogP contribution in [0.5, 0.6) is 5.75 Å². The van der Waals surface area contributed by atoms with Gasteiger partial charge in [0.25, 0.3) is 0 Å². The van der Waals surface area contributed by atoms with E-state index in [9.17, 15) is 0 Å². The first-order valence-corrected chi connectivity index (χ1v) is 7.33. The molecule has 1 fully saturated rings. The van der Waals surface area contributed by atoms with Crippen LogP contribution >= 0.6 is 0 Å². The zero-order valence-corrected chi connectivity index (χ0v) is 11.2. The lowest BCUT2D eigenvalue weighted by Gasteiger charge is -2.23. The smallest absolute Gasteiger partial charge is 0.120 e. The van der Waals surface area contributed by atoms with E-state index < -0.39 is 0 Å². The van der Waals surface area contributed by atoms with Crippen molar-refractivity contribution in [3.63, 3.8) is 0 Å². The zero-order chi connectivity index (χ0) is 12.4. The van der Waals surface area contributed by atoms with E-state index in [1.165, 1.54) is 56.1 Å². The summed E-state index contributed by atoms with van der Waals surface area (Å²) in [5, 5.41) is 3.38. The first kappa shape index (κ1) is 12.0. The normalized spacial score (nSPS) is 23.9. The van der Waals surface area contributed by atoms with Gasteiger partial charge in [-0.3, -0.25) is 0 Å². The predicted octanol–water partition coefficient (Wildman–Crippen LogP) is 3.60. The lowest BCUT2D eigenvalue weighted by atomic mass is 9.98. The lowest BCUT2D eigenvalue weighted by molar-refractivity contribution is 0.155. The highest BCUT2D eigenvalue weighted by Crippen LogP contribution is 2.34. The maximum atomic E-state index is 6.13. The van der Waals surface area contributed by atoms with Crippen molar-refractivity contribution in [1.82, 2.24) is 5.32 Å². The van der Waals surface area contributed by atoms with E-state index in [4.69, 9.17) is 4.74 Å². The molecule has 0 radical (unpaired) electrons. The molecule has 1 unspecified atom stereocenters. The van der Waals surface area contributed by atoms with Crippen molar-refractivity contribution < 1.29 is 4.74 Å². The molecule has 98 valence electrons. The minimum atomic E-state index is 0.457. The molecular formula is C16H23NO. The summed E-state index contributed by atoms with van der Waals surface area (Å²) < 4.78 is 6.13. The van der Waals surface area contributed by atoms with Crippen molar-refractivity contribution in [2.45, 2.75) is 57.1 Å². The molecule has 2 aliphatic carbocycles.